The maximum absolute atomic E-state index is 6.73. The molecule has 0 amide bonds. The van der Waals surface area contributed by atoms with Crippen molar-refractivity contribution in [1.82, 2.24) is 0 Å². The third-order valence-corrected chi connectivity index (χ3v) is 14.5. The van der Waals surface area contributed by atoms with Gasteiger partial charge < -0.3 is 9.16 Å². The normalized spacial score (nSPS) is 27.4. The zero-order valence-corrected chi connectivity index (χ0v) is 24.0. The van der Waals surface area contributed by atoms with Crippen LogP contribution in [0.5, 0.6) is 11.5 Å². The molecule has 3 aromatic carbocycles. The van der Waals surface area contributed by atoms with E-state index in [9.17, 15) is 0 Å². The van der Waals surface area contributed by atoms with Gasteiger partial charge in [-0.3, -0.25) is 0 Å². The average molecular weight is 499 g/mol. The van der Waals surface area contributed by atoms with Crippen molar-refractivity contribution in [3.8, 4) is 22.6 Å². The number of fused-ring (bicyclic) bond motifs is 1. The number of hydrogen-bond donors (Lipinski definition) is 0. The van der Waals surface area contributed by atoms with E-state index in [0.717, 1.165) is 29.3 Å². The average Bonchev–Trinajstić information content (AvgIpc) is 2.82. The molecule has 0 heterocycles. The van der Waals surface area contributed by atoms with Gasteiger partial charge in [-0.05, 0) is 121 Å². The van der Waals surface area contributed by atoms with Crippen molar-refractivity contribution in [2.24, 2.45) is 17.8 Å². The maximum Gasteiger partial charge on any atom is 0.250 e. The second kappa shape index (κ2) is 8.38. The van der Waals surface area contributed by atoms with Gasteiger partial charge in [-0.15, -0.1) is 0 Å². The van der Waals surface area contributed by atoms with Crippen LogP contribution >= 0.6 is 0 Å². The molecule has 4 aliphatic carbocycles. The van der Waals surface area contributed by atoms with E-state index < -0.39 is 8.32 Å². The first-order valence-corrected chi connectivity index (χ1v) is 16.9. The van der Waals surface area contributed by atoms with Crippen molar-refractivity contribution in [1.29, 1.82) is 0 Å². The predicted octanol–water partition coefficient (Wildman–Crippen LogP) is 9.37. The topological polar surface area (TPSA) is 18.5 Å². The Morgan fingerprint density at radius 3 is 2.00 bits per heavy atom. The third-order valence-electron chi connectivity index (χ3n) is 10.2. The molecule has 7 rings (SSSR count). The number of methoxy groups -OCH3 is 1. The lowest BCUT2D eigenvalue weighted by Gasteiger charge is -2.57. The Labute approximate surface area is 218 Å². The monoisotopic (exact) mass is 498 g/mol. The Balaban J connectivity index is 1.38. The summed E-state index contributed by atoms with van der Waals surface area (Å²) in [5.74, 6) is 4.87. The molecule has 4 bridgehead atoms. The molecule has 0 radical (unpaired) electrons. The van der Waals surface area contributed by atoms with E-state index in [2.05, 4.69) is 88.5 Å². The first kappa shape index (κ1) is 24.1. The lowest BCUT2D eigenvalue weighted by atomic mass is 9.48. The fourth-order valence-corrected chi connectivity index (χ4v) is 8.73. The molecule has 4 aliphatic rings. The molecule has 190 valence electrons. The van der Waals surface area contributed by atoms with E-state index >= 15 is 0 Å². The molecule has 4 saturated carbocycles. The van der Waals surface area contributed by atoms with Gasteiger partial charge in [-0.2, -0.15) is 0 Å². The number of benzene rings is 3. The van der Waals surface area contributed by atoms with E-state index in [-0.39, 0.29) is 5.04 Å². The third kappa shape index (κ3) is 3.99. The lowest BCUT2D eigenvalue weighted by Crippen LogP contribution is -2.48. The van der Waals surface area contributed by atoms with Gasteiger partial charge in [0.25, 0.3) is 8.32 Å². The molecule has 0 aliphatic heterocycles. The molecular weight excluding hydrogens is 456 g/mol. The number of ether oxygens (including phenoxy) is 1. The van der Waals surface area contributed by atoms with Crippen molar-refractivity contribution < 1.29 is 9.16 Å². The van der Waals surface area contributed by atoms with E-state index in [1.165, 1.54) is 66.0 Å². The van der Waals surface area contributed by atoms with Crippen LogP contribution in [0.4, 0.5) is 0 Å². The Morgan fingerprint density at radius 2 is 1.39 bits per heavy atom. The molecule has 0 N–H and O–H groups in total. The first-order valence-electron chi connectivity index (χ1n) is 14.0. The smallest absolute Gasteiger partial charge is 0.250 e. The van der Waals surface area contributed by atoms with Crippen molar-refractivity contribution in [3.63, 3.8) is 0 Å². The summed E-state index contributed by atoms with van der Waals surface area (Å²) in [6.07, 6.45) is 8.45. The summed E-state index contributed by atoms with van der Waals surface area (Å²) < 4.78 is 12.7. The highest BCUT2D eigenvalue weighted by atomic mass is 28.4. The Kier molecular flexibility index (Phi) is 5.61. The van der Waals surface area contributed by atoms with Crippen LogP contribution in [0.25, 0.3) is 21.9 Å². The van der Waals surface area contributed by atoms with E-state index in [1.54, 1.807) is 0 Å². The molecule has 4 fully saturated rings. The second-order valence-electron chi connectivity index (χ2n) is 13.7. The van der Waals surface area contributed by atoms with Gasteiger partial charge in [0.15, 0.2) is 0 Å². The maximum atomic E-state index is 6.73. The van der Waals surface area contributed by atoms with Crippen LogP contribution in [0.15, 0.2) is 54.6 Å². The highest BCUT2D eigenvalue weighted by Gasteiger charge is 2.52. The summed E-state index contributed by atoms with van der Waals surface area (Å²) in [6, 6.07) is 20.4. The standard InChI is InChI=1S/C33H42O2Si/c1-32(2,3)36(5,6)35-30-9-7-8-27-17-25(10-12-28(27)30)26-11-13-31(34-4)29(18-26)33-19-22-14-23(20-33)16-24(15-22)21-33/h7-13,17-18,22-24H,14-16,19-21H2,1-6H3. The zero-order valence-electron chi connectivity index (χ0n) is 23.0. The SMILES string of the molecule is COc1ccc(-c2ccc3c(O[Si](C)(C)C(C)(C)C)cccc3c2)cc1C12CC3CC(CC(C3)C1)C2. The fourth-order valence-electron chi connectivity index (χ4n) is 7.69. The van der Waals surface area contributed by atoms with Gasteiger partial charge in [0.2, 0.25) is 0 Å². The highest BCUT2D eigenvalue weighted by Crippen LogP contribution is 2.62. The van der Waals surface area contributed by atoms with Crippen LogP contribution < -0.4 is 9.16 Å². The summed E-state index contributed by atoms with van der Waals surface area (Å²) in [6.45, 7) is 11.5. The Bertz CT molecular complexity index is 1260. The van der Waals surface area contributed by atoms with Gasteiger partial charge in [0, 0.05) is 10.9 Å². The minimum Gasteiger partial charge on any atom is -0.543 e. The van der Waals surface area contributed by atoms with Crippen LogP contribution in [0.2, 0.25) is 18.1 Å². The van der Waals surface area contributed by atoms with Gasteiger partial charge in [0.1, 0.15) is 11.5 Å². The summed E-state index contributed by atoms with van der Waals surface area (Å²) in [5.41, 5.74) is 4.37. The van der Waals surface area contributed by atoms with Crippen molar-refractivity contribution in [2.45, 2.75) is 82.8 Å². The number of hydrogen-bond acceptors (Lipinski definition) is 2. The molecule has 0 spiro atoms. The molecule has 3 heteroatoms. The minimum atomic E-state index is -1.91. The number of rotatable bonds is 5. The summed E-state index contributed by atoms with van der Waals surface area (Å²) in [4.78, 5) is 0. The van der Waals surface area contributed by atoms with Crippen LogP contribution in [-0.2, 0) is 5.41 Å². The molecule has 2 nitrogen and oxygen atoms in total. The molecule has 36 heavy (non-hydrogen) atoms. The Hall–Kier alpha value is -2.26. The Morgan fingerprint density at radius 1 is 0.778 bits per heavy atom. The highest BCUT2D eigenvalue weighted by molar-refractivity contribution is 6.74. The van der Waals surface area contributed by atoms with Crippen LogP contribution in [-0.4, -0.2) is 15.4 Å². The molecule has 0 atom stereocenters. The largest absolute Gasteiger partial charge is 0.543 e. The lowest BCUT2D eigenvalue weighted by molar-refractivity contribution is -0.00613. The van der Waals surface area contributed by atoms with Crippen molar-refractivity contribution >= 4 is 19.1 Å². The van der Waals surface area contributed by atoms with Gasteiger partial charge >= 0.3 is 0 Å². The van der Waals surface area contributed by atoms with Crippen LogP contribution in [0.1, 0.15) is 64.9 Å². The quantitative estimate of drug-likeness (QED) is 0.326. The molecule has 3 aromatic rings. The first-order chi connectivity index (χ1) is 17.1. The molecule has 0 unspecified atom stereocenters. The van der Waals surface area contributed by atoms with Gasteiger partial charge in [0.05, 0.1) is 7.11 Å². The van der Waals surface area contributed by atoms with Crippen LogP contribution in [0, 0.1) is 17.8 Å². The van der Waals surface area contributed by atoms with Crippen LogP contribution in [0.3, 0.4) is 0 Å². The van der Waals surface area contributed by atoms with Crippen molar-refractivity contribution in [3.05, 3.63) is 60.2 Å². The summed E-state index contributed by atoms with van der Waals surface area (Å²) in [7, 11) is -0.0605. The van der Waals surface area contributed by atoms with Gasteiger partial charge in [-0.25, -0.2) is 0 Å². The predicted molar refractivity (Wildman–Crippen MR) is 154 cm³/mol. The van der Waals surface area contributed by atoms with Crippen molar-refractivity contribution in [2.75, 3.05) is 7.11 Å². The van der Waals surface area contributed by atoms with E-state index in [0.29, 0.717) is 5.41 Å². The summed E-state index contributed by atoms with van der Waals surface area (Å²) in [5, 5.41) is 2.63. The fraction of sp³-hybridized carbons (Fsp3) is 0.515. The molecule has 0 aromatic heterocycles. The minimum absolute atomic E-state index is 0.172. The van der Waals surface area contributed by atoms with E-state index in [4.69, 9.17) is 9.16 Å². The second-order valence-corrected chi connectivity index (χ2v) is 18.4. The summed E-state index contributed by atoms with van der Waals surface area (Å²) >= 11 is 0. The van der Waals surface area contributed by atoms with E-state index in [1.807, 2.05) is 7.11 Å². The zero-order chi connectivity index (χ0) is 25.3. The van der Waals surface area contributed by atoms with Gasteiger partial charge in [-0.1, -0.05) is 51.1 Å². The molecular formula is C33H42O2Si. The molecule has 0 saturated heterocycles.